The Morgan fingerprint density at radius 2 is 1.94 bits per heavy atom. The van der Waals surface area contributed by atoms with Gasteiger partial charge in [-0.15, -0.1) is 0 Å². The van der Waals surface area contributed by atoms with Crippen molar-refractivity contribution in [3.8, 4) is 0 Å². The Labute approximate surface area is 96.7 Å². The smallest absolute Gasteiger partial charge is 0.365 e. The number of nitrogens with zero attached hydrogens (tertiary/aromatic N) is 1. The van der Waals surface area contributed by atoms with Crippen molar-refractivity contribution in [2.45, 2.75) is 12.5 Å². The van der Waals surface area contributed by atoms with Crippen LogP contribution in [0.1, 0.15) is 5.56 Å². The summed E-state index contributed by atoms with van der Waals surface area (Å²) in [5.74, 6) is 0.331. The lowest BCUT2D eigenvalue weighted by Crippen LogP contribution is -2.24. The molecule has 0 radical (unpaired) electrons. The van der Waals surface area contributed by atoms with E-state index in [9.17, 15) is 13.2 Å². The lowest BCUT2D eigenvalue weighted by atomic mass is 10.3. The van der Waals surface area contributed by atoms with Gasteiger partial charge in [0.1, 0.15) is 5.82 Å². The van der Waals surface area contributed by atoms with Crippen molar-refractivity contribution in [2.75, 3.05) is 26.1 Å². The van der Waals surface area contributed by atoms with E-state index < -0.39 is 18.0 Å². The molecule has 0 aliphatic carbocycles. The van der Waals surface area contributed by atoms with Crippen LogP contribution >= 0.6 is 0 Å². The van der Waals surface area contributed by atoms with E-state index in [0.717, 1.165) is 12.3 Å². The Morgan fingerprint density at radius 1 is 1.29 bits per heavy atom. The van der Waals surface area contributed by atoms with Crippen molar-refractivity contribution >= 4 is 5.82 Å². The van der Waals surface area contributed by atoms with Crippen LogP contribution in [0.2, 0.25) is 0 Å². The molecule has 1 heterocycles. The first-order valence-corrected chi connectivity index (χ1v) is 4.80. The summed E-state index contributed by atoms with van der Waals surface area (Å²) in [6.07, 6.45) is -4.07. The number of hydrogen-bond donors (Lipinski definition) is 1. The molecular formula is C10H13F3N2O2. The third kappa shape index (κ3) is 4.20. The summed E-state index contributed by atoms with van der Waals surface area (Å²) >= 11 is 0. The Kier molecular flexibility index (Phi) is 4.71. The number of hydrogen-bond acceptors (Lipinski definition) is 4. The lowest BCUT2D eigenvalue weighted by molar-refractivity contribution is -0.137. The quantitative estimate of drug-likeness (QED) is 0.813. The predicted molar refractivity (Wildman–Crippen MR) is 55.5 cm³/mol. The maximum atomic E-state index is 12.2. The van der Waals surface area contributed by atoms with Gasteiger partial charge in [0.2, 0.25) is 0 Å². The molecule has 0 spiro atoms. The molecule has 7 heteroatoms. The van der Waals surface area contributed by atoms with Gasteiger partial charge in [0.15, 0.2) is 6.29 Å². The first-order valence-electron chi connectivity index (χ1n) is 4.80. The van der Waals surface area contributed by atoms with Gasteiger partial charge < -0.3 is 14.8 Å². The standard InChI is InChI=1S/C10H13F3N2O2/c1-16-9(17-2)6-15-8-4-3-7(5-14-8)10(11,12)13/h3-5,9H,6H2,1-2H3,(H,14,15). The largest absolute Gasteiger partial charge is 0.417 e. The average molecular weight is 250 g/mol. The molecule has 0 unspecified atom stereocenters. The average Bonchev–Trinajstić information content (AvgIpc) is 2.30. The van der Waals surface area contributed by atoms with E-state index in [4.69, 9.17) is 9.47 Å². The second kappa shape index (κ2) is 5.83. The molecule has 0 bridgehead atoms. The summed E-state index contributed by atoms with van der Waals surface area (Å²) in [4.78, 5) is 3.64. The van der Waals surface area contributed by atoms with Crippen LogP contribution in [0, 0.1) is 0 Å². The third-order valence-corrected chi connectivity index (χ3v) is 2.07. The van der Waals surface area contributed by atoms with E-state index in [1.165, 1.54) is 20.3 Å². The van der Waals surface area contributed by atoms with E-state index in [1.54, 1.807) is 0 Å². The molecule has 17 heavy (non-hydrogen) atoms. The van der Waals surface area contributed by atoms with Gasteiger partial charge in [-0.25, -0.2) is 4.98 Å². The summed E-state index contributed by atoms with van der Waals surface area (Å²) in [6, 6.07) is 2.22. The Morgan fingerprint density at radius 3 is 2.35 bits per heavy atom. The van der Waals surface area contributed by atoms with Crippen molar-refractivity contribution in [3.05, 3.63) is 23.9 Å². The minimum atomic E-state index is -4.37. The SMILES string of the molecule is COC(CNc1ccc(C(F)(F)F)cn1)OC. The minimum Gasteiger partial charge on any atom is -0.365 e. The molecule has 0 saturated heterocycles. The van der Waals surface area contributed by atoms with Gasteiger partial charge in [0, 0.05) is 20.4 Å². The van der Waals surface area contributed by atoms with Gasteiger partial charge in [-0.05, 0) is 12.1 Å². The molecule has 0 aliphatic heterocycles. The van der Waals surface area contributed by atoms with Gasteiger partial charge >= 0.3 is 6.18 Å². The number of alkyl halides is 3. The molecule has 0 amide bonds. The van der Waals surface area contributed by atoms with Crippen molar-refractivity contribution in [1.82, 2.24) is 4.98 Å². The molecule has 0 atom stereocenters. The molecule has 1 N–H and O–H groups in total. The zero-order valence-electron chi connectivity index (χ0n) is 9.41. The Balaban J connectivity index is 2.57. The van der Waals surface area contributed by atoms with Crippen molar-refractivity contribution in [1.29, 1.82) is 0 Å². The van der Waals surface area contributed by atoms with E-state index in [1.807, 2.05) is 0 Å². The van der Waals surface area contributed by atoms with Crippen LogP contribution in [-0.4, -0.2) is 32.0 Å². The van der Waals surface area contributed by atoms with Crippen LogP contribution in [-0.2, 0) is 15.7 Å². The lowest BCUT2D eigenvalue weighted by Gasteiger charge is -2.14. The van der Waals surface area contributed by atoms with Crippen molar-refractivity contribution < 1.29 is 22.6 Å². The molecule has 1 aromatic heterocycles. The first kappa shape index (κ1) is 13.7. The van der Waals surface area contributed by atoms with Crippen LogP contribution in [0.25, 0.3) is 0 Å². The fourth-order valence-corrected chi connectivity index (χ4v) is 1.12. The van der Waals surface area contributed by atoms with E-state index in [0.29, 0.717) is 12.4 Å². The molecule has 0 aromatic carbocycles. The second-order valence-electron chi connectivity index (χ2n) is 3.21. The number of aromatic nitrogens is 1. The van der Waals surface area contributed by atoms with E-state index in [-0.39, 0.29) is 0 Å². The van der Waals surface area contributed by atoms with Crippen LogP contribution in [0.4, 0.5) is 19.0 Å². The normalized spacial score (nSPS) is 11.9. The molecule has 1 rings (SSSR count). The molecule has 96 valence electrons. The van der Waals surface area contributed by atoms with Gasteiger partial charge in [-0.3, -0.25) is 0 Å². The Hall–Kier alpha value is -1.34. The first-order chi connectivity index (χ1) is 7.97. The maximum Gasteiger partial charge on any atom is 0.417 e. The van der Waals surface area contributed by atoms with Gasteiger partial charge in [0.25, 0.3) is 0 Å². The van der Waals surface area contributed by atoms with Gasteiger partial charge in [-0.1, -0.05) is 0 Å². The van der Waals surface area contributed by atoms with Crippen molar-refractivity contribution in [3.63, 3.8) is 0 Å². The zero-order valence-corrected chi connectivity index (χ0v) is 9.41. The molecule has 1 aromatic rings. The number of methoxy groups -OCH3 is 2. The van der Waals surface area contributed by atoms with Gasteiger partial charge in [-0.2, -0.15) is 13.2 Å². The third-order valence-electron chi connectivity index (χ3n) is 2.07. The van der Waals surface area contributed by atoms with Crippen LogP contribution in [0.5, 0.6) is 0 Å². The fourth-order valence-electron chi connectivity index (χ4n) is 1.12. The topological polar surface area (TPSA) is 43.4 Å². The highest BCUT2D eigenvalue weighted by Gasteiger charge is 2.30. The van der Waals surface area contributed by atoms with Crippen LogP contribution in [0.15, 0.2) is 18.3 Å². The van der Waals surface area contributed by atoms with E-state index in [2.05, 4.69) is 10.3 Å². The highest BCUT2D eigenvalue weighted by atomic mass is 19.4. The predicted octanol–water partition coefficient (Wildman–Crippen LogP) is 2.13. The highest BCUT2D eigenvalue weighted by molar-refractivity contribution is 5.36. The van der Waals surface area contributed by atoms with E-state index >= 15 is 0 Å². The van der Waals surface area contributed by atoms with Crippen LogP contribution in [0.3, 0.4) is 0 Å². The summed E-state index contributed by atoms with van der Waals surface area (Å²) in [5, 5.41) is 2.80. The molecule has 0 fully saturated rings. The van der Waals surface area contributed by atoms with Crippen molar-refractivity contribution in [2.24, 2.45) is 0 Å². The summed E-state index contributed by atoms with van der Waals surface area (Å²) in [7, 11) is 2.94. The molecular weight excluding hydrogens is 237 g/mol. The molecule has 4 nitrogen and oxygen atoms in total. The number of nitrogens with one attached hydrogen (secondary N) is 1. The molecule has 0 aliphatic rings. The molecule has 0 saturated carbocycles. The summed E-state index contributed by atoms with van der Waals surface area (Å²) in [6.45, 7) is 0.297. The monoisotopic (exact) mass is 250 g/mol. The minimum absolute atomic E-state index is 0.297. The number of rotatable bonds is 5. The summed E-state index contributed by atoms with van der Waals surface area (Å²) in [5.41, 5.74) is -0.780. The second-order valence-corrected chi connectivity index (χ2v) is 3.21. The number of pyridine rings is 1. The fraction of sp³-hybridized carbons (Fsp3) is 0.500. The summed E-state index contributed by atoms with van der Waals surface area (Å²) < 4.78 is 46.5. The van der Waals surface area contributed by atoms with Gasteiger partial charge in [0.05, 0.1) is 12.1 Å². The number of ether oxygens (including phenoxy) is 2. The Bertz CT molecular complexity index is 336. The maximum absolute atomic E-state index is 12.2. The number of halogens is 3. The number of anilines is 1. The van der Waals surface area contributed by atoms with Crippen LogP contribution < -0.4 is 5.32 Å². The zero-order chi connectivity index (χ0) is 12.9. The highest BCUT2D eigenvalue weighted by Crippen LogP contribution is 2.28.